The summed E-state index contributed by atoms with van der Waals surface area (Å²) in [6.45, 7) is 6.09. The van der Waals surface area contributed by atoms with Crippen LogP contribution in [0.25, 0.3) is 10.3 Å². The Balaban J connectivity index is 1.51. The summed E-state index contributed by atoms with van der Waals surface area (Å²) in [5, 5.41) is 0.905. The normalized spacial score (nSPS) is 16.3. The van der Waals surface area contributed by atoms with Gasteiger partial charge in [-0.25, -0.2) is 18.4 Å². The smallest absolute Gasteiger partial charge is 0.243 e. The van der Waals surface area contributed by atoms with Crippen LogP contribution in [0.15, 0.2) is 41.4 Å². The predicted molar refractivity (Wildman–Crippen MR) is 104 cm³/mol. The zero-order chi connectivity index (χ0) is 18.3. The van der Waals surface area contributed by atoms with Gasteiger partial charge in [-0.2, -0.15) is 4.31 Å². The van der Waals surface area contributed by atoms with Crippen LogP contribution in [0.5, 0.6) is 0 Å². The lowest BCUT2D eigenvalue weighted by molar-refractivity contribution is 0.385. The van der Waals surface area contributed by atoms with Crippen LogP contribution < -0.4 is 4.90 Å². The van der Waals surface area contributed by atoms with E-state index >= 15 is 0 Å². The van der Waals surface area contributed by atoms with Crippen molar-refractivity contribution in [2.45, 2.75) is 18.7 Å². The number of pyridine rings is 1. The third-order valence-corrected chi connectivity index (χ3v) is 7.72. The molecule has 1 aromatic carbocycles. The van der Waals surface area contributed by atoms with Crippen LogP contribution in [0.4, 0.5) is 5.13 Å². The number of fused-ring (bicyclic) bond motifs is 1. The molecule has 8 heteroatoms. The van der Waals surface area contributed by atoms with Crippen molar-refractivity contribution in [3.8, 4) is 0 Å². The van der Waals surface area contributed by atoms with Gasteiger partial charge in [-0.3, -0.25) is 0 Å². The maximum atomic E-state index is 12.9. The highest BCUT2D eigenvalue weighted by Gasteiger charge is 2.29. The van der Waals surface area contributed by atoms with Gasteiger partial charge in [0.15, 0.2) is 5.13 Å². The van der Waals surface area contributed by atoms with Crippen molar-refractivity contribution in [3.63, 3.8) is 0 Å². The Bertz CT molecular complexity index is 1020. The average Bonchev–Trinajstić information content (AvgIpc) is 3.08. The summed E-state index contributed by atoms with van der Waals surface area (Å²) in [6.07, 6.45) is 1.76. The first-order valence-corrected chi connectivity index (χ1v) is 10.7. The lowest BCUT2D eigenvalue weighted by Gasteiger charge is -2.33. The first-order chi connectivity index (χ1) is 12.4. The van der Waals surface area contributed by atoms with Gasteiger partial charge in [0, 0.05) is 32.4 Å². The number of aromatic nitrogens is 2. The molecule has 3 heterocycles. The van der Waals surface area contributed by atoms with Gasteiger partial charge in [0.05, 0.1) is 4.90 Å². The molecule has 1 aliphatic heterocycles. The highest BCUT2D eigenvalue weighted by molar-refractivity contribution is 7.89. The Kier molecular flexibility index (Phi) is 4.42. The Labute approximate surface area is 157 Å². The number of rotatable bonds is 3. The molecular weight excluding hydrogens is 368 g/mol. The van der Waals surface area contributed by atoms with E-state index in [0.717, 1.165) is 26.6 Å². The first kappa shape index (κ1) is 17.4. The van der Waals surface area contributed by atoms with Crippen molar-refractivity contribution in [1.82, 2.24) is 14.3 Å². The number of hydrogen-bond donors (Lipinski definition) is 0. The van der Waals surface area contributed by atoms with Crippen LogP contribution in [0.1, 0.15) is 11.1 Å². The summed E-state index contributed by atoms with van der Waals surface area (Å²) in [6, 6.07) is 9.15. The summed E-state index contributed by atoms with van der Waals surface area (Å²) < 4.78 is 27.4. The molecule has 0 radical (unpaired) electrons. The van der Waals surface area contributed by atoms with Crippen molar-refractivity contribution in [3.05, 3.63) is 47.7 Å². The van der Waals surface area contributed by atoms with E-state index in [4.69, 9.17) is 0 Å². The van der Waals surface area contributed by atoms with Crippen LogP contribution in [-0.2, 0) is 10.0 Å². The molecule has 2 aromatic heterocycles. The van der Waals surface area contributed by atoms with Gasteiger partial charge in [0.2, 0.25) is 10.0 Å². The quantitative estimate of drug-likeness (QED) is 0.690. The van der Waals surface area contributed by atoms with E-state index in [1.807, 2.05) is 32.0 Å². The topological polar surface area (TPSA) is 66.4 Å². The zero-order valence-electron chi connectivity index (χ0n) is 14.7. The van der Waals surface area contributed by atoms with Gasteiger partial charge < -0.3 is 4.90 Å². The van der Waals surface area contributed by atoms with Crippen LogP contribution >= 0.6 is 11.3 Å². The predicted octanol–water partition coefficient (Wildman–Crippen LogP) is 2.82. The van der Waals surface area contributed by atoms with Gasteiger partial charge in [-0.1, -0.05) is 17.4 Å². The first-order valence-electron chi connectivity index (χ1n) is 8.49. The van der Waals surface area contributed by atoms with Crippen LogP contribution in [-0.4, -0.2) is 48.9 Å². The summed E-state index contributed by atoms with van der Waals surface area (Å²) in [5.41, 5.74) is 2.97. The molecule has 0 bridgehead atoms. The van der Waals surface area contributed by atoms with Gasteiger partial charge in [0.25, 0.3) is 0 Å². The van der Waals surface area contributed by atoms with E-state index in [1.54, 1.807) is 34.0 Å². The second-order valence-electron chi connectivity index (χ2n) is 6.46. The maximum Gasteiger partial charge on any atom is 0.243 e. The number of nitrogens with zero attached hydrogens (tertiary/aromatic N) is 4. The third kappa shape index (κ3) is 3.08. The molecule has 0 N–H and O–H groups in total. The molecule has 0 amide bonds. The number of anilines is 1. The fourth-order valence-electron chi connectivity index (χ4n) is 3.04. The zero-order valence-corrected chi connectivity index (χ0v) is 16.3. The Morgan fingerprint density at radius 1 is 1.04 bits per heavy atom. The average molecular weight is 389 g/mol. The standard InChI is InChI=1S/C18H20N4O2S2/c1-13-5-6-15(12-14(13)2)26(23,24)22-10-8-21(9-11-22)18-20-16-4-3-7-19-17(16)25-18/h3-7,12H,8-11H2,1-2H3. The second-order valence-corrected chi connectivity index (χ2v) is 9.36. The summed E-state index contributed by atoms with van der Waals surface area (Å²) in [4.78, 5) is 12.4. The van der Waals surface area contributed by atoms with Gasteiger partial charge >= 0.3 is 0 Å². The van der Waals surface area contributed by atoms with Crippen molar-refractivity contribution < 1.29 is 8.42 Å². The molecule has 6 nitrogen and oxygen atoms in total. The highest BCUT2D eigenvalue weighted by atomic mass is 32.2. The molecule has 1 aliphatic rings. The molecule has 3 aromatic rings. The largest absolute Gasteiger partial charge is 0.345 e. The monoisotopic (exact) mass is 388 g/mol. The summed E-state index contributed by atoms with van der Waals surface area (Å²) >= 11 is 1.55. The van der Waals surface area contributed by atoms with Crippen LogP contribution in [0.2, 0.25) is 0 Å². The van der Waals surface area contributed by atoms with E-state index in [-0.39, 0.29) is 0 Å². The van der Waals surface area contributed by atoms with E-state index in [0.29, 0.717) is 31.1 Å². The minimum Gasteiger partial charge on any atom is -0.345 e. The molecule has 26 heavy (non-hydrogen) atoms. The Hall–Kier alpha value is -2.03. The van der Waals surface area contributed by atoms with Crippen molar-refractivity contribution in [2.75, 3.05) is 31.1 Å². The van der Waals surface area contributed by atoms with E-state index < -0.39 is 10.0 Å². The molecule has 0 saturated carbocycles. The van der Waals surface area contributed by atoms with Crippen molar-refractivity contribution in [1.29, 1.82) is 0 Å². The lowest BCUT2D eigenvalue weighted by Crippen LogP contribution is -2.48. The molecule has 0 aliphatic carbocycles. The SMILES string of the molecule is Cc1ccc(S(=O)(=O)N2CCN(c3nc4cccnc4s3)CC2)cc1C. The molecule has 136 valence electrons. The summed E-state index contributed by atoms with van der Waals surface area (Å²) in [5.74, 6) is 0. The molecule has 0 spiro atoms. The van der Waals surface area contributed by atoms with E-state index in [1.165, 1.54) is 0 Å². The number of hydrogen-bond acceptors (Lipinski definition) is 6. The fourth-order valence-corrected chi connectivity index (χ4v) is 5.51. The number of thiazole rings is 1. The molecule has 1 fully saturated rings. The fraction of sp³-hybridized carbons (Fsp3) is 0.333. The van der Waals surface area contributed by atoms with E-state index in [2.05, 4.69) is 14.9 Å². The Morgan fingerprint density at radius 3 is 2.50 bits per heavy atom. The number of benzene rings is 1. The van der Waals surface area contributed by atoms with Gasteiger partial charge in [-0.05, 0) is 49.2 Å². The number of aryl methyl sites for hydroxylation is 2. The van der Waals surface area contributed by atoms with Crippen molar-refractivity contribution >= 4 is 36.8 Å². The van der Waals surface area contributed by atoms with Gasteiger partial charge in [-0.15, -0.1) is 0 Å². The van der Waals surface area contributed by atoms with Gasteiger partial charge in [0.1, 0.15) is 10.3 Å². The number of piperazine rings is 1. The Morgan fingerprint density at radius 2 is 1.81 bits per heavy atom. The molecule has 0 atom stereocenters. The minimum atomic E-state index is -3.45. The highest BCUT2D eigenvalue weighted by Crippen LogP contribution is 2.28. The third-order valence-electron chi connectivity index (χ3n) is 4.78. The van der Waals surface area contributed by atoms with Crippen LogP contribution in [0.3, 0.4) is 0 Å². The van der Waals surface area contributed by atoms with Crippen molar-refractivity contribution in [2.24, 2.45) is 0 Å². The van der Waals surface area contributed by atoms with E-state index in [9.17, 15) is 8.42 Å². The molecule has 4 rings (SSSR count). The minimum absolute atomic E-state index is 0.373. The van der Waals surface area contributed by atoms with Crippen LogP contribution in [0, 0.1) is 13.8 Å². The maximum absolute atomic E-state index is 12.9. The molecule has 1 saturated heterocycles. The number of sulfonamides is 1. The molecular formula is C18H20N4O2S2. The second kappa shape index (κ2) is 6.61. The summed E-state index contributed by atoms with van der Waals surface area (Å²) in [7, 11) is -3.45. The lowest BCUT2D eigenvalue weighted by atomic mass is 10.1. The molecule has 0 unspecified atom stereocenters.